The van der Waals surface area contributed by atoms with Crippen molar-refractivity contribution in [1.82, 2.24) is 10.3 Å². The summed E-state index contributed by atoms with van der Waals surface area (Å²) in [7, 11) is 0. The van der Waals surface area contributed by atoms with Crippen molar-refractivity contribution >= 4 is 11.6 Å². The van der Waals surface area contributed by atoms with Crippen LogP contribution in [0.4, 0.5) is 5.69 Å². The molecule has 0 saturated heterocycles. The van der Waals surface area contributed by atoms with Crippen LogP contribution in [0.5, 0.6) is 5.88 Å². The molecule has 0 atom stereocenters. The molecule has 0 aliphatic rings. The Hall–Kier alpha value is -1.62. The number of anilines is 1. The van der Waals surface area contributed by atoms with E-state index in [4.69, 9.17) is 4.74 Å². The minimum Gasteiger partial charge on any atom is -0.473 e. The van der Waals surface area contributed by atoms with Crippen molar-refractivity contribution in [2.24, 2.45) is 0 Å². The van der Waals surface area contributed by atoms with Gasteiger partial charge < -0.3 is 15.4 Å². The highest BCUT2D eigenvalue weighted by Crippen LogP contribution is 2.21. The van der Waals surface area contributed by atoms with Crippen LogP contribution < -0.4 is 15.4 Å². The van der Waals surface area contributed by atoms with Crippen LogP contribution in [0.25, 0.3) is 0 Å². The van der Waals surface area contributed by atoms with Gasteiger partial charge in [-0.1, -0.05) is 0 Å². The number of hydrogen-bond acceptors (Lipinski definition) is 4. The molecule has 0 aromatic carbocycles. The van der Waals surface area contributed by atoms with Gasteiger partial charge in [-0.05, 0) is 46.8 Å². The molecule has 112 valence electrons. The van der Waals surface area contributed by atoms with E-state index in [0.29, 0.717) is 24.5 Å². The number of nitrogens with one attached hydrogen (secondary N) is 2. The molecule has 0 saturated carbocycles. The molecule has 0 fully saturated rings. The first kappa shape index (κ1) is 16.4. The van der Waals surface area contributed by atoms with Crippen LogP contribution in [0.2, 0.25) is 0 Å². The number of nitrogens with zero attached hydrogens (tertiary/aromatic N) is 1. The topological polar surface area (TPSA) is 63.2 Å². The third-order valence-electron chi connectivity index (χ3n) is 2.40. The fourth-order valence-corrected chi connectivity index (χ4v) is 1.57. The summed E-state index contributed by atoms with van der Waals surface area (Å²) in [5, 5.41) is 6.11. The van der Waals surface area contributed by atoms with Gasteiger partial charge >= 0.3 is 0 Å². The van der Waals surface area contributed by atoms with Crippen molar-refractivity contribution in [1.29, 1.82) is 0 Å². The predicted molar refractivity (Wildman–Crippen MR) is 81.0 cm³/mol. The quantitative estimate of drug-likeness (QED) is 0.840. The van der Waals surface area contributed by atoms with Gasteiger partial charge in [0.1, 0.15) is 5.69 Å². The van der Waals surface area contributed by atoms with E-state index in [-0.39, 0.29) is 17.6 Å². The summed E-state index contributed by atoms with van der Waals surface area (Å²) in [4.78, 5) is 16.0. The number of amides is 1. The van der Waals surface area contributed by atoms with Gasteiger partial charge in [-0.3, -0.25) is 4.79 Å². The Morgan fingerprint density at radius 2 is 2.10 bits per heavy atom. The van der Waals surface area contributed by atoms with Crippen LogP contribution in [-0.2, 0) is 4.79 Å². The van der Waals surface area contributed by atoms with Crippen LogP contribution in [-0.4, -0.2) is 29.1 Å². The van der Waals surface area contributed by atoms with Gasteiger partial charge in [0.05, 0.1) is 6.10 Å². The van der Waals surface area contributed by atoms with Crippen LogP contribution in [0.1, 0.15) is 41.0 Å². The number of carbonyl (C=O) groups is 1. The van der Waals surface area contributed by atoms with Crippen molar-refractivity contribution in [3.05, 3.63) is 18.3 Å². The molecule has 1 rings (SSSR count). The van der Waals surface area contributed by atoms with Crippen molar-refractivity contribution in [2.75, 3.05) is 11.9 Å². The van der Waals surface area contributed by atoms with Crippen molar-refractivity contribution in [3.63, 3.8) is 0 Å². The van der Waals surface area contributed by atoms with E-state index in [0.717, 1.165) is 0 Å². The van der Waals surface area contributed by atoms with E-state index in [9.17, 15) is 4.79 Å². The molecule has 0 bridgehead atoms. The van der Waals surface area contributed by atoms with Crippen molar-refractivity contribution in [3.8, 4) is 5.88 Å². The standard InChI is InChI=1S/C15H25N3O2/c1-11(2)20-14-12(7-6-9-16-14)18-13(19)8-10-17-15(3,4)5/h6-7,9,11,17H,8,10H2,1-5H3,(H,18,19). The van der Waals surface area contributed by atoms with E-state index in [1.807, 2.05) is 13.8 Å². The van der Waals surface area contributed by atoms with E-state index in [2.05, 4.69) is 36.4 Å². The summed E-state index contributed by atoms with van der Waals surface area (Å²) in [5.41, 5.74) is 0.627. The molecule has 5 nitrogen and oxygen atoms in total. The van der Waals surface area contributed by atoms with Crippen LogP contribution in [0, 0.1) is 0 Å². The molecule has 0 aliphatic heterocycles. The summed E-state index contributed by atoms with van der Waals surface area (Å²) in [5.74, 6) is 0.406. The molecular formula is C15H25N3O2. The lowest BCUT2D eigenvalue weighted by Gasteiger charge is -2.20. The third-order valence-corrected chi connectivity index (χ3v) is 2.40. The zero-order valence-corrected chi connectivity index (χ0v) is 13.0. The van der Waals surface area contributed by atoms with Crippen molar-refractivity contribution in [2.45, 2.75) is 52.7 Å². The largest absolute Gasteiger partial charge is 0.473 e. The highest BCUT2D eigenvalue weighted by molar-refractivity contribution is 5.91. The molecule has 20 heavy (non-hydrogen) atoms. The Bertz CT molecular complexity index is 439. The summed E-state index contributed by atoms with van der Waals surface area (Å²) in [6.45, 7) is 10.7. The van der Waals surface area contributed by atoms with Gasteiger partial charge in [-0.25, -0.2) is 4.98 Å². The van der Waals surface area contributed by atoms with E-state index < -0.39 is 0 Å². The zero-order chi connectivity index (χ0) is 15.2. The van der Waals surface area contributed by atoms with Gasteiger partial charge in [-0.15, -0.1) is 0 Å². The Balaban J connectivity index is 2.53. The second-order valence-electron chi connectivity index (χ2n) is 6.00. The average Bonchev–Trinajstić information content (AvgIpc) is 2.29. The zero-order valence-electron chi connectivity index (χ0n) is 13.0. The molecule has 1 heterocycles. The molecule has 0 aliphatic carbocycles. The van der Waals surface area contributed by atoms with Gasteiger partial charge in [0.25, 0.3) is 0 Å². The fourth-order valence-electron chi connectivity index (χ4n) is 1.57. The highest BCUT2D eigenvalue weighted by Gasteiger charge is 2.12. The average molecular weight is 279 g/mol. The molecule has 1 aromatic heterocycles. The third kappa shape index (κ3) is 6.52. The Kier molecular flexibility index (Phi) is 5.95. The van der Waals surface area contributed by atoms with Crippen molar-refractivity contribution < 1.29 is 9.53 Å². The SMILES string of the molecule is CC(C)Oc1ncccc1NC(=O)CCNC(C)(C)C. The maximum atomic E-state index is 11.9. The normalized spacial score (nSPS) is 11.5. The first-order valence-electron chi connectivity index (χ1n) is 6.94. The van der Waals surface area contributed by atoms with Gasteiger partial charge in [0.2, 0.25) is 11.8 Å². The Morgan fingerprint density at radius 1 is 1.40 bits per heavy atom. The summed E-state index contributed by atoms with van der Waals surface area (Å²) < 4.78 is 5.56. The molecule has 5 heteroatoms. The lowest BCUT2D eigenvalue weighted by molar-refractivity contribution is -0.116. The van der Waals surface area contributed by atoms with Crippen LogP contribution in [0.15, 0.2) is 18.3 Å². The molecule has 2 N–H and O–H groups in total. The van der Waals surface area contributed by atoms with Gasteiger partial charge in [-0.2, -0.15) is 0 Å². The Labute approximate surface area is 121 Å². The molecule has 1 amide bonds. The number of rotatable bonds is 6. The second-order valence-corrected chi connectivity index (χ2v) is 6.00. The molecule has 1 aromatic rings. The first-order chi connectivity index (χ1) is 9.28. The lowest BCUT2D eigenvalue weighted by Crippen LogP contribution is -2.37. The molecular weight excluding hydrogens is 254 g/mol. The smallest absolute Gasteiger partial charge is 0.238 e. The van der Waals surface area contributed by atoms with E-state index >= 15 is 0 Å². The Morgan fingerprint density at radius 3 is 2.70 bits per heavy atom. The number of carbonyl (C=O) groups excluding carboxylic acids is 1. The minimum absolute atomic E-state index is 0.0144. The first-order valence-corrected chi connectivity index (χ1v) is 6.94. The minimum atomic E-state index is -0.0524. The second kappa shape index (κ2) is 7.24. The number of pyridine rings is 1. The highest BCUT2D eigenvalue weighted by atomic mass is 16.5. The fraction of sp³-hybridized carbons (Fsp3) is 0.600. The van der Waals surface area contributed by atoms with Gasteiger partial charge in [0, 0.05) is 24.7 Å². The van der Waals surface area contributed by atoms with E-state index in [1.54, 1.807) is 18.3 Å². The molecule has 0 unspecified atom stereocenters. The summed E-state index contributed by atoms with van der Waals surface area (Å²) >= 11 is 0. The van der Waals surface area contributed by atoms with Gasteiger partial charge in [0.15, 0.2) is 0 Å². The predicted octanol–water partition coefficient (Wildman–Crippen LogP) is 2.59. The number of hydrogen-bond donors (Lipinski definition) is 2. The van der Waals surface area contributed by atoms with Crippen LogP contribution >= 0.6 is 0 Å². The summed E-state index contributed by atoms with van der Waals surface area (Å²) in [6.07, 6.45) is 2.07. The molecule has 0 spiro atoms. The number of aromatic nitrogens is 1. The molecule has 0 radical (unpaired) electrons. The monoisotopic (exact) mass is 279 g/mol. The lowest BCUT2D eigenvalue weighted by atomic mass is 10.1. The summed E-state index contributed by atoms with van der Waals surface area (Å²) in [6, 6.07) is 3.57. The maximum Gasteiger partial charge on any atom is 0.238 e. The maximum absolute atomic E-state index is 11.9. The van der Waals surface area contributed by atoms with Crippen LogP contribution in [0.3, 0.4) is 0 Å². The number of ether oxygens (including phenoxy) is 1. The van der Waals surface area contributed by atoms with E-state index in [1.165, 1.54) is 0 Å².